The highest BCUT2D eigenvalue weighted by Crippen LogP contribution is 2.50. The van der Waals surface area contributed by atoms with E-state index < -0.39 is 5.41 Å². The average molecular weight is 399 g/mol. The molecule has 2 aromatic carbocycles. The van der Waals surface area contributed by atoms with Crippen LogP contribution in [0.2, 0.25) is 0 Å². The summed E-state index contributed by atoms with van der Waals surface area (Å²) in [4.78, 5) is 17.9. The number of anilines is 2. The maximum atomic E-state index is 13.3. The van der Waals surface area contributed by atoms with E-state index in [2.05, 4.69) is 53.7 Å². The van der Waals surface area contributed by atoms with Gasteiger partial charge < -0.3 is 15.4 Å². The molecule has 30 heavy (non-hydrogen) atoms. The van der Waals surface area contributed by atoms with Crippen LogP contribution in [0, 0.1) is 20.8 Å². The van der Waals surface area contributed by atoms with Crippen LogP contribution in [-0.4, -0.2) is 17.6 Å². The summed E-state index contributed by atoms with van der Waals surface area (Å²) in [5.41, 5.74) is 7.11. The van der Waals surface area contributed by atoms with E-state index in [1.807, 2.05) is 31.3 Å². The maximum absolute atomic E-state index is 13.3. The molecule has 0 atom stereocenters. The Kier molecular flexibility index (Phi) is 4.28. The highest BCUT2D eigenvalue weighted by atomic mass is 16.5. The molecule has 2 heterocycles. The number of rotatable bonds is 4. The number of hydrogen-bond donors (Lipinski definition) is 2. The lowest BCUT2D eigenvalue weighted by Crippen LogP contribution is -2.28. The molecule has 2 aliphatic rings. The van der Waals surface area contributed by atoms with Gasteiger partial charge in [-0.2, -0.15) is 0 Å². The molecule has 1 aliphatic heterocycles. The van der Waals surface area contributed by atoms with Crippen molar-refractivity contribution in [3.63, 3.8) is 0 Å². The third-order valence-electron chi connectivity index (χ3n) is 6.41. The van der Waals surface area contributed by atoms with E-state index in [9.17, 15) is 4.79 Å². The van der Waals surface area contributed by atoms with Gasteiger partial charge in [0.15, 0.2) is 6.73 Å². The number of carbonyl (C=O) groups excluding carboxylic acids is 1. The van der Waals surface area contributed by atoms with Crippen molar-refractivity contribution in [2.24, 2.45) is 0 Å². The third-order valence-corrected chi connectivity index (χ3v) is 6.41. The molecule has 5 nitrogen and oxygen atoms in total. The van der Waals surface area contributed by atoms with Crippen molar-refractivity contribution in [3.05, 3.63) is 70.9 Å². The monoisotopic (exact) mass is 399 g/mol. The van der Waals surface area contributed by atoms with Gasteiger partial charge in [0.25, 0.3) is 0 Å². The van der Waals surface area contributed by atoms with Crippen LogP contribution in [-0.2, 0) is 10.2 Å². The zero-order chi connectivity index (χ0) is 20.9. The van der Waals surface area contributed by atoms with Crippen LogP contribution in [0.15, 0.2) is 48.7 Å². The van der Waals surface area contributed by atoms with Crippen LogP contribution in [0.4, 0.5) is 11.5 Å². The molecule has 0 saturated heterocycles. The predicted molar refractivity (Wildman–Crippen MR) is 119 cm³/mol. The molecule has 2 N–H and O–H groups in total. The van der Waals surface area contributed by atoms with Gasteiger partial charge in [0, 0.05) is 11.8 Å². The minimum atomic E-state index is -0.476. The molecule has 1 amide bonds. The van der Waals surface area contributed by atoms with E-state index >= 15 is 0 Å². The highest BCUT2D eigenvalue weighted by Gasteiger charge is 2.51. The zero-order valence-corrected chi connectivity index (χ0v) is 17.5. The van der Waals surface area contributed by atoms with E-state index in [4.69, 9.17) is 4.74 Å². The molecule has 0 unspecified atom stereocenters. The van der Waals surface area contributed by atoms with E-state index in [-0.39, 0.29) is 5.91 Å². The first kappa shape index (κ1) is 18.7. The molecule has 5 rings (SSSR count). The number of nitrogens with one attached hydrogen (secondary N) is 2. The van der Waals surface area contributed by atoms with E-state index in [1.54, 1.807) is 0 Å². The van der Waals surface area contributed by atoms with Gasteiger partial charge >= 0.3 is 0 Å². The molecule has 0 bridgehead atoms. The number of amides is 1. The van der Waals surface area contributed by atoms with Crippen molar-refractivity contribution in [2.45, 2.75) is 39.0 Å². The van der Waals surface area contributed by atoms with Gasteiger partial charge in [0.1, 0.15) is 11.6 Å². The molecule has 0 spiro atoms. The van der Waals surface area contributed by atoms with Gasteiger partial charge in [-0.25, -0.2) is 4.98 Å². The average Bonchev–Trinajstić information content (AvgIpc) is 3.42. The van der Waals surface area contributed by atoms with Crippen molar-refractivity contribution >= 4 is 17.4 Å². The number of benzene rings is 2. The summed E-state index contributed by atoms with van der Waals surface area (Å²) in [6, 6.07) is 14.4. The molecule has 1 aliphatic carbocycles. The maximum Gasteiger partial charge on any atom is 0.236 e. The predicted octanol–water partition coefficient (Wildman–Crippen LogP) is 5.11. The van der Waals surface area contributed by atoms with Gasteiger partial charge in [-0.05, 0) is 68.0 Å². The van der Waals surface area contributed by atoms with Crippen LogP contribution < -0.4 is 15.4 Å². The Bertz CT molecular complexity index is 1170. The summed E-state index contributed by atoms with van der Waals surface area (Å²) in [6.07, 6.45) is 3.55. The summed E-state index contributed by atoms with van der Waals surface area (Å²) < 4.78 is 5.50. The number of hydrogen-bond acceptors (Lipinski definition) is 4. The lowest BCUT2D eigenvalue weighted by molar-refractivity contribution is -0.118. The first-order valence-corrected chi connectivity index (χ1v) is 10.3. The van der Waals surface area contributed by atoms with Crippen LogP contribution in [0.3, 0.4) is 0 Å². The Balaban J connectivity index is 1.42. The van der Waals surface area contributed by atoms with Gasteiger partial charge in [-0.3, -0.25) is 4.79 Å². The standard InChI is InChI=1S/C25H25N3O2/c1-15-5-4-6-18(11-15)20-13-26-23(17(3)16(20)2)28-24(29)25(9-10-25)19-7-8-22-21(12-19)27-14-30-22/h4-8,11-13,27H,9-10,14H2,1-3H3,(H,26,28,29). The summed E-state index contributed by atoms with van der Waals surface area (Å²) in [6.45, 7) is 6.67. The smallest absolute Gasteiger partial charge is 0.236 e. The van der Waals surface area contributed by atoms with Crippen LogP contribution in [0.25, 0.3) is 11.1 Å². The fourth-order valence-electron chi connectivity index (χ4n) is 4.21. The quantitative estimate of drug-likeness (QED) is 0.640. The lowest BCUT2D eigenvalue weighted by atomic mass is 9.94. The number of fused-ring (bicyclic) bond motifs is 1. The number of ether oxygens (including phenoxy) is 1. The molecule has 0 radical (unpaired) electrons. The van der Waals surface area contributed by atoms with Crippen molar-refractivity contribution < 1.29 is 9.53 Å². The number of carbonyl (C=O) groups is 1. The van der Waals surface area contributed by atoms with E-state index in [0.717, 1.165) is 52.1 Å². The van der Waals surface area contributed by atoms with Crippen molar-refractivity contribution in [3.8, 4) is 16.9 Å². The second-order valence-electron chi connectivity index (χ2n) is 8.35. The van der Waals surface area contributed by atoms with Crippen molar-refractivity contribution in [2.75, 3.05) is 17.4 Å². The third kappa shape index (κ3) is 3.02. The number of aromatic nitrogens is 1. The van der Waals surface area contributed by atoms with Gasteiger partial charge in [-0.1, -0.05) is 35.9 Å². The molecule has 1 fully saturated rings. The Morgan fingerprint density at radius 2 is 1.93 bits per heavy atom. The molecular weight excluding hydrogens is 374 g/mol. The molecule has 1 aromatic heterocycles. The zero-order valence-electron chi connectivity index (χ0n) is 17.5. The summed E-state index contributed by atoms with van der Waals surface area (Å²) >= 11 is 0. The first-order valence-electron chi connectivity index (χ1n) is 10.3. The van der Waals surface area contributed by atoms with Gasteiger partial charge in [0.2, 0.25) is 5.91 Å². The Hall–Kier alpha value is -3.34. The fourth-order valence-corrected chi connectivity index (χ4v) is 4.21. The number of pyridine rings is 1. The second kappa shape index (κ2) is 6.87. The minimum absolute atomic E-state index is 0.0136. The molecule has 5 heteroatoms. The molecular formula is C25H25N3O2. The molecule has 152 valence electrons. The van der Waals surface area contributed by atoms with Crippen molar-refractivity contribution in [1.29, 1.82) is 0 Å². The summed E-state index contributed by atoms with van der Waals surface area (Å²) in [5, 5.41) is 6.31. The minimum Gasteiger partial charge on any atom is -0.471 e. The van der Waals surface area contributed by atoms with Gasteiger partial charge in [0.05, 0.1) is 11.1 Å². The Labute approximate surface area is 176 Å². The molecule has 3 aromatic rings. The van der Waals surface area contributed by atoms with Crippen LogP contribution in [0.5, 0.6) is 5.75 Å². The largest absolute Gasteiger partial charge is 0.471 e. The second-order valence-corrected chi connectivity index (χ2v) is 8.35. The fraction of sp³-hybridized carbons (Fsp3) is 0.280. The van der Waals surface area contributed by atoms with Crippen molar-refractivity contribution in [1.82, 2.24) is 4.98 Å². The van der Waals surface area contributed by atoms with Crippen LogP contribution in [0.1, 0.15) is 35.1 Å². The summed E-state index contributed by atoms with van der Waals surface area (Å²) in [7, 11) is 0. The van der Waals surface area contributed by atoms with E-state index in [0.29, 0.717) is 12.5 Å². The SMILES string of the molecule is Cc1cccc(-c2cnc(NC(=O)C3(c4ccc5c(c4)NCO5)CC3)c(C)c2C)c1. The van der Waals surface area contributed by atoms with E-state index in [1.165, 1.54) is 5.56 Å². The topological polar surface area (TPSA) is 63.2 Å². The van der Waals surface area contributed by atoms with Crippen LogP contribution >= 0.6 is 0 Å². The number of nitrogens with zero attached hydrogens (tertiary/aromatic N) is 1. The summed E-state index contributed by atoms with van der Waals surface area (Å²) in [5.74, 6) is 1.50. The Morgan fingerprint density at radius 1 is 1.10 bits per heavy atom. The Morgan fingerprint density at radius 3 is 2.70 bits per heavy atom. The van der Waals surface area contributed by atoms with Gasteiger partial charge in [-0.15, -0.1) is 0 Å². The number of aryl methyl sites for hydroxylation is 1. The molecule has 1 saturated carbocycles. The lowest BCUT2D eigenvalue weighted by Gasteiger charge is -2.19. The normalized spacial score (nSPS) is 15.7. The first-order chi connectivity index (χ1) is 14.5. The highest BCUT2D eigenvalue weighted by molar-refractivity contribution is 6.01.